The van der Waals surface area contributed by atoms with Gasteiger partial charge in [-0.3, -0.25) is 10.1 Å². The van der Waals surface area contributed by atoms with Gasteiger partial charge in [0.2, 0.25) is 11.9 Å². The number of amides is 1. The number of aromatic nitrogens is 3. The average molecular weight is 331 g/mol. The Hall–Kier alpha value is -1.86. The van der Waals surface area contributed by atoms with Crippen LogP contribution in [0.5, 0.6) is 0 Å². The molecule has 23 heavy (non-hydrogen) atoms. The van der Waals surface area contributed by atoms with Gasteiger partial charge in [0.05, 0.1) is 5.75 Å². The summed E-state index contributed by atoms with van der Waals surface area (Å²) in [4.78, 5) is 17.7. The first-order chi connectivity index (χ1) is 11.2. The van der Waals surface area contributed by atoms with Crippen LogP contribution >= 0.6 is 11.8 Å². The Kier molecular flexibility index (Phi) is 5.30. The summed E-state index contributed by atoms with van der Waals surface area (Å²) in [5, 5.41) is 10.7. The molecule has 0 unspecified atom stereocenters. The largest absolute Gasteiger partial charge is 0.317 e. The van der Waals surface area contributed by atoms with E-state index in [9.17, 15) is 4.79 Å². The molecule has 0 aliphatic carbocycles. The van der Waals surface area contributed by atoms with E-state index in [1.54, 1.807) is 4.68 Å². The highest BCUT2D eigenvalue weighted by Gasteiger charge is 2.21. The Morgan fingerprint density at radius 3 is 2.83 bits per heavy atom. The monoisotopic (exact) mass is 331 g/mol. The van der Waals surface area contributed by atoms with Crippen LogP contribution < -0.4 is 10.6 Å². The van der Waals surface area contributed by atoms with Gasteiger partial charge in [0, 0.05) is 17.9 Å². The van der Waals surface area contributed by atoms with Crippen LogP contribution in [0.15, 0.2) is 35.2 Å². The number of carbonyl (C=O) groups excluding carboxylic acids is 1. The van der Waals surface area contributed by atoms with Crippen LogP contribution in [0.4, 0.5) is 5.95 Å². The fourth-order valence-corrected chi connectivity index (χ4v) is 3.31. The zero-order valence-corrected chi connectivity index (χ0v) is 14.0. The minimum atomic E-state index is -0.0637. The van der Waals surface area contributed by atoms with E-state index in [0.29, 0.717) is 17.6 Å². The van der Waals surface area contributed by atoms with Crippen molar-refractivity contribution in [3.63, 3.8) is 0 Å². The predicted molar refractivity (Wildman–Crippen MR) is 91.6 cm³/mol. The average Bonchev–Trinajstić information content (AvgIpc) is 2.95. The first kappa shape index (κ1) is 16.0. The van der Waals surface area contributed by atoms with Gasteiger partial charge in [-0.25, -0.2) is 4.68 Å². The van der Waals surface area contributed by atoms with Crippen LogP contribution in [0, 0.1) is 0 Å². The number of anilines is 1. The maximum atomic E-state index is 12.1. The number of nitrogens with zero attached hydrogens (tertiary/aromatic N) is 3. The number of aryl methyl sites for hydroxylation is 1. The van der Waals surface area contributed by atoms with Gasteiger partial charge < -0.3 is 5.32 Å². The van der Waals surface area contributed by atoms with Crippen molar-refractivity contribution >= 4 is 23.6 Å². The van der Waals surface area contributed by atoms with E-state index < -0.39 is 0 Å². The summed E-state index contributed by atoms with van der Waals surface area (Å²) in [6.45, 7) is 2.00. The molecule has 7 heteroatoms. The van der Waals surface area contributed by atoms with E-state index >= 15 is 0 Å². The second-order valence-corrected chi connectivity index (χ2v) is 6.64. The van der Waals surface area contributed by atoms with Gasteiger partial charge >= 0.3 is 0 Å². The minimum absolute atomic E-state index is 0.0637. The molecule has 0 saturated carbocycles. The molecular weight excluding hydrogens is 310 g/mol. The molecule has 2 N–H and O–H groups in total. The van der Waals surface area contributed by atoms with Gasteiger partial charge in [0.15, 0.2) is 5.82 Å². The van der Waals surface area contributed by atoms with Crippen LogP contribution in [0.3, 0.4) is 0 Å². The van der Waals surface area contributed by atoms with Crippen LogP contribution in [-0.2, 0) is 11.8 Å². The first-order valence-corrected chi connectivity index (χ1v) is 8.80. The van der Waals surface area contributed by atoms with Crippen molar-refractivity contribution in [3.8, 4) is 0 Å². The van der Waals surface area contributed by atoms with Crippen molar-refractivity contribution < 1.29 is 4.79 Å². The topological polar surface area (TPSA) is 71.8 Å². The summed E-state index contributed by atoms with van der Waals surface area (Å²) in [6, 6.07) is 9.89. The number of hydrogen-bond donors (Lipinski definition) is 2. The highest BCUT2D eigenvalue weighted by atomic mass is 32.2. The Morgan fingerprint density at radius 2 is 2.09 bits per heavy atom. The van der Waals surface area contributed by atoms with Crippen LogP contribution in [0.2, 0.25) is 0 Å². The number of thioether (sulfide) groups is 1. The third kappa shape index (κ3) is 4.33. The van der Waals surface area contributed by atoms with E-state index in [4.69, 9.17) is 0 Å². The maximum Gasteiger partial charge on any atom is 0.237 e. The fraction of sp³-hybridized carbons (Fsp3) is 0.438. The zero-order valence-electron chi connectivity index (χ0n) is 13.2. The SMILES string of the molecule is Cn1nc(C2CCNCC2)nc1NC(=O)CSc1ccccc1. The van der Waals surface area contributed by atoms with E-state index in [1.807, 2.05) is 37.4 Å². The second-order valence-electron chi connectivity index (χ2n) is 5.59. The van der Waals surface area contributed by atoms with Gasteiger partial charge in [0.1, 0.15) is 0 Å². The minimum Gasteiger partial charge on any atom is -0.317 e. The van der Waals surface area contributed by atoms with E-state index in [2.05, 4.69) is 20.7 Å². The molecule has 1 saturated heterocycles. The molecule has 1 fully saturated rings. The number of benzene rings is 1. The Bertz CT molecular complexity index is 652. The molecule has 3 rings (SSSR count). The van der Waals surface area contributed by atoms with Crippen molar-refractivity contribution in [2.75, 3.05) is 24.2 Å². The predicted octanol–water partition coefficient (Wildman–Crippen LogP) is 2.01. The molecule has 0 radical (unpaired) electrons. The molecule has 0 spiro atoms. The van der Waals surface area contributed by atoms with Crippen molar-refractivity contribution in [1.29, 1.82) is 0 Å². The molecule has 122 valence electrons. The Labute approximate surface area is 140 Å². The number of rotatable bonds is 5. The standard InChI is InChI=1S/C16H21N5OS/c1-21-16(19-15(20-21)12-7-9-17-10-8-12)18-14(22)11-23-13-5-3-2-4-6-13/h2-6,12,17H,7-11H2,1H3,(H,18,19,20,22). The molecule has 0 bridgehead atoms. The molecule has 2 heterocycles. The molecule has 1 aliphatic heterocycles. The van der Waals surface area contributed by atoms with Crippen LogP contribution in [0.25, 0.3) is 0 Å². The van der Waals surface area contributed by atoms with Crippen molar-refractivity contribution in [1.82, 2.24) is 20.1 Å². The highest BCUT2D eigenvalue weighted by Crippen LogP contribution is 2.23. The highest BCUT2D eigenvalue weighted by molar-refractivity contribution is 8.00. The zero-order chi connectivity index (χ0) is 16.1. The maximum absolute atomic E-state index is 12.1. The number of piperidine rings is 1. The summed E-state index contributed by atoms with van der Waals surface area (Å²) in [5.74, 6) is 2.04. The quantitative estimate of drug-likeness (QED) is 0.820. The molecule has 1 aromatic heterocycles. The van der Waals surface area contributed by atoms with Crippen LogP contribution in [-0.4, -0.2) is 39.5 Å². The number of carbonyl (C=O) groups is 1. The lowest BCUT2D eigenvalue weighted by Crippen LogP contribution is -2.27. The van der Waals surface area contributed by atoms with Gasteiger partial charge in [0.25, 0.3) is 0 Å². The van der Waals surface area contributed by atoms with E-state index in [1.165, 1.54) is 11.8 Å². The lowest BCUT2D eigenvalue weighted by Gasteiger charge is -2.19. The van der Waals surface area contributed by atoms with Crippen LogP contribution in [0.1, 0.15) is 24.6 Å². The fourth-order valence-electron chi connectivity index (χ4n) is 2.59. The van der Waals surface area contributed by atoms with Crippen molar-refractivity contribution in [2.45, 2.75) is 23.7 Å². The van der Waals surface area contributed by atoms with Crippen molar-refractivity contribution in [2.24, 2.45) is 7.05 Å². The summed E-state index contributed by atoms with van der Waals surface area (Å²) < 4.78 is 1.66. The summed E-state index contributed by atoms with van der Waals surface area (Å²) >= 11 is 1.51. The van der Waals surface area contributed by atoms with E-state index in [0.717, 1.165) is 36.7 Å². The molecule has 6 nitrogen and oxygen atoms in total. The molecule has 1 aliphatic rings. The Morgan fingerprint density at radius 1 is 1.35 bits per heavy atom. The normalized spacial score (nSPS) is 15.5. The molecule has 0 atom stereocenters. The van der Waals surface area contributed by atoms with Gasteiger partial charge in [-0.1, -0.05) is 18.2 Å². The third-order valence-electron chi connectivity index (χ3n) is 3.85. The lowest BCUT2D eigenvalue weighted by atomic mass is 9.98. The first-order valence-electron chi connectivity index (χ1n) is 7.82. The van der Waals surface area contributed by atoms with Gasteiger partial charge in [-0.05, 0) is 38.1 Å². The number of hydrogen-bond acceptors (Lipinski definition) is 5. The summed E-state index contributed by atoms with van der Waals surface area (Å²) in [5.41, 5.74) is 0. The third-order valence-corrected chi connectivity index (χ3v) is 4.86. The van der Waals surface area contributed by atoms with E-state index in [-0.39, 0.29) is 5.91 Å². The molecule has 1 amide bonds. The molecule has 2 aromatic rings. The summed E-state index contributed by atoms with van der Waals surface area (Å²) in [6.07, 6.45) is 2.09. The van der Waals surface area contributed by atoms with Gasteiger partial charge in [-0.15, -0.1) is 11.8 Å². The summed E-state index contributed by atoms with van der Waals surface area (Å²) in [7, 11) is 1.82. The lowest BCUT2D eigenvalue weighted by molar-refractivity contribution is -0.113. The van der Waals surface area contributed by atoms with Gasteiger partial charge in [-0.2, -0.15) is 10.1 Å². The molecule has 1 aromatic carbocycles. The Balaban J connectivity index is 1.56. The van der Waals surface area contributed by atoms with Crippen molar-refractivity contribution in [3.05, 3.63) is 36.2 Å². The smallest absolute Gasteiger partial charge is 0.237 e. The number of nitrogens with one attached hydrogen (secondary N) is 2. The second kappa shape index (κ2) is 7.61. The molecular formula is C16H21N5OS.